The minimum absolute atomic E-state index is 0.0337. The third kappa shape index (κ3) is 6.26. The number of hydrogen-bond donors (Lipinski definition) is 2. The van der Waals surface area contributed by atoms with Gasteiger partial charge in [-0.05, 0) is 48.9 Å². The van der Waals surface area contributed by atoms with Crippen LogP contribution in [-0.2, 0) is 4.79 Å². The maximum Gasteiger partial charge on any atom is 0.258 e. The summed E-state index contributed by atoms with van der Waals surface area (Å²) in [6.45, 7) is 1.92. The van der Waals surface area contributed by atoms with E-state index in [2.05, 4.69) is 10.6 Å². The molecule has 0 bridgehead atoms. The van der Waals surface area contributed by atoms with E-state index >= 15 is 0 Å². The molecule has 172 valence electrons. The Morgan fingerprint density at radius 3 is 2.45 bits per heavy atom. The summed E-state index contributed by atoms with van der Waals surface area (Å²) in [5.41, 5.74) is 0.999. The van der Waals surface area contributed by atoms with Crippen LogP contribution in [0.2, 0.25) is 0 Å². The van der Waals surface area contributed by atoms with Crippen molar-refractivity contribution < 1.29 is 23.5 Å². The van der Waals surface area contributed by atoms with Crippen molar-refractivity contribution in [1.82, 2.24) is 0 Å². The van der Waals surface area contributed by atoms with Gasteiger partial charge in [0.1, 0.15) is 17.3 Å². The summed E-state index contributed by atoms with van der Waals surface area (Å²) in [6.07, 6.45) is 0.578. The van der Waals surface area contributed by atoms with Crippen LogP contribution in [0.25, 0.3) is 0 Å². The molecule has 0 saturated heterocycles. The van der Waals surface area contributed by atoms with Gasteiger partial charge in [0.2, 0.25) is 5.91 Å². The standard InChI is InChI=1S/C25H25FN2O4S/c1-4-23(25(30)28-21-15-17(31-2)12-13-22(21)32-3)33-18-9-7-8-16(14-18)27-24(29)19-10-5-6-11-20(19)26/h5-15,23H,4H2,1-3H3,(H,27,29)(H,28,30). The summed E-state index contributed by atoms with van der Waals surface area (Å²) < 4.78 is 24.4. The summed E-state index contributed by atoms with van der Waals surface area (Å²) in [6, 6.07) is 18.1. The minimum atomic E-state index is -0.587. The van der Waals surface area contributed by atoms with Crippen molar-refractivity contribution in [2.45, 2.75) is 23.5 Å². The molecular weight excluding hydrogens is 443 g/mol. The smallest absolute Gasteiger partial charge is 0.258 e. The van der Waals surface area contributed by atoms with Crippen LogP contribution in [0.1, 0.15) is 23.7 Å². The maximum absolute atomic E-state index is 13.9. The Morgan fingerprint density at radius 1 is 0.970 bits per heavy atom. The number of halogens is 1. The van der Waals surface area contributed by atoms with Crippen LogP contribution in [0, 0.1) is 5.82 Å². The highest BCUT2D eigenvalue weighted by Gasteiger charge is 2.20. The number of amides is 2. The molecule has 0 aliphatic carbocycles. The van der Waals surface area contributed by atoms with Gasteiger partial charge in [-0.2, -0.15) is 0 Å². The Labute approximate surface area is 196 Å². The highest BCUT2D eigenvalue weighted by Crippen LogP contribution is 2.32. The summed E-state index contributed by atoms with van der Waals surface area (Å²) in [7, 11) is 3.08. The zero-order valence-corrected chi connectivity index (χ0v) is 19.4. The molecule has 3 rings (SSSR count). The van der Waals surface area contributed by atoms with E-state index in [1.807, 2.05) is 13.0 Å². The van der Waals surface area contributed by atoms with E-state index in [1.165, 1.54) is 37.1 Å². The highest BCUT2D eigenvalue weighted by molar-refractivity contribution is 8.00. The molecule has 33 heavy (non-hydrogen) atoms. The second-order valence-corrected chi connectivity index (χ2v) is 8.31. The Kier molecular flexibility index (Phi) is 8.32. The fourth-order valence-corrected chi connectivity index (χ4v) is 4.12. The van der Waals surface area contributed by atoms with E-state index in [-0.39, 0.29) is 11.5 Å². The first-order valence-electron chi connectivity index (χ1n) is 10.3. The number of nitrogens with one attached hydrogen (secondary N) is 2. The fraction of sp³-hybridized carbons (Fsp3) is 0.200. The molecule has 0 heterocycles. The van der Waals surface area contributed by atoms with Crippen LogP contribution in [-0.4, -0.2) is 31.3 Å². The SMILES string of the molecule is CCC(Sc1cccc(NC(=O)c2ccccc2F)c1)C(=O)Nc1cc(OC)ccc1OC. The Hall–Kier alpha value is -3.52. The Bertz CT molecular complexity index is 1140. The largest absolute Gasteiger partial charge is 0.497 e. The molecule has 0 aliphatic heterocycles. The topological polar surface area (TPSA) is 76.7 Å². The number of carbonyl (C=O) groups is 2. The van der Waals surface area contributed by atoms with Crippen LogP contribution < -0.4 is 20.1 Å². The highest BCUT2D eigenvalue weighted by atomic mass is 32.2. The van der Waals surface area contributed by atoms with Crippen molar-refractivity contribution in [2.24, 2.45) is 0 Å². The fourth-order valence-electron chi connectivity index (χ4n) is 3.10. The van der Waals surface area contributed by atoms with Gasteiger partial charge < -0.3 is 20.1 Å². The lowest BCUT2D eigenvalue weighted by atomic mass is 10.2. The van der Waals surface area contributed by atoms with Gasteiger partial charge in [-0.1, -0.05) is 25.1 Å². The van der Waals surface area contributed by atoms with Crippen molar-refractivity contribution in [3.63, 3.8) is 0 Å². The lowest BCUT2D eigenvalue weighted by Gasteiger charge is -2.17. The lowest BCUT2D eigenvalue weighted by Crippen LogP contribution is -2.24. The van der Waals surface area contributed by atoms with Crippen LogP contribution in [0.4, 0.5) is 15.8 Å². The number of rotatable bonds is 9. The molecule has 0 aliphatic rings. The normalized spacial score (nSPS) is 11.4. The van der Waals surface area contributed by atoms with Crippen molar-refractivity contribution in [1.29, 1.82) is 0 Å². The average Bonchev–Trinajstić information content (AvgIpc) is 2.82. The number of benzene rings is 3. The van der Waals surface area contributed by atoms with Crippen molar-refractivity contribution >= 4 is 35.0 Å². The molecular formula is C25H25FN2O4S. The lowest BCUT2D eigenvalue weighted by molar-refractivity contribution is -0.115. The van der Waals surface area contributed by atoms with Gasteiger partial charge in [0.05, 0.1) is 30.7 Å². The minimum Gasteiger partial charge on any atom is -0.497 e. The van der Waals surface area contributed by atoms with E-state index < -0.39 is 17.0 Å². The zero-order chi connectivity index (χ0) is 23.8. The number of ether oxygens (including phenoxy) is 2. The molecule has 2 amide bonds. The van der Waals surface area contributed by atoms with Gasteiger partial charge in [-0.25, -0.2) is 4.39 Å². The Morgan fingerprint density at radius 2 is 1.76 bits per heavy atom. The predicted molar refractivity (Wildman–Crippen MR) is 129 cm³/mol. The summed E-state index contributed by atoms with van der Waals surface area (Å²) in [5, 5.41) is 5.22. The van der Waals surface area contributed by atoms with Crippen molar-refractivity contribution in [3.8, 4) is 11.5 Å². The quantitative estimate of drug-likeness (QED) is 0.400. The average molecular weight is 469 g/mol. The number of methoxy groups -OCH3 is 2. The first-order chi connectivity index (χ1) is 15.9. The van der Waals surface area contributed by atoms with Gasteiger partial charge in [-0.3, -0.25) is 9.59 Å². The van der Waals surface area contributed by atoms with Gasteiger partial charge in [0, 0.05) is 16.6 Å². The molecule has 1 atom stereocenters. The number of anilines is 2. The van der Waals surface area contributed by atoms with Crippen LogP contribution in [0.5, 0.6) is 11.5 Å². The zero-order valence-electron chi connectivity index (χ0n) is 18.6. The second-order valence-electron chi connectivity index (χ2n) is 7.03. The first kappa shape index (κ1) is 24.1. The van der Waals surface area contributed by atoms with Gasteiger partial charge in [-0.15, -0.1) is 11.8 Å². The van der Waals surface area contributed by atoms with E-state index in [0.717, 1.165) is 4.90 Å². The summed E-state index contributed by atoms with van der Waals surface area (Å²) in [4.78, 5) is 26.2. The maximum atomic E-state index is 13.9. The molecule has 0 saturated carbocycles. The van der Waals surface area contributed by atoms with Crippen LogP contribution >= 0.6 is 11.8 Å². The molecule has 0 fully saturated rings. The molecule has 0 aromatic heterocycles. The first-order valence-corrected chi connectivity index (χ1v) is 11.2. The van der Waals surface area contributed by atoms with E-state index in [9.17, 15) is 14.0 Å². The summed E-state index contributed by atoms with van der Waals surface area (Å²) in [5.74, 6) is -0.178. The van der Waals surface area contributed by atoms with Gasteiger partial charge >= 0.3 is 0 Å². The molecule has 6 nitrogen and oxygen atoms in total. The summed E-state index contributed by atoms with van der Waals surface area (Å²) >= 11 is 1.37. The molecule has 0 spiro atoms. The third-order valence-corrected chi connectivity index (χ3v) is 6.17. The molecule has 8 heteroatoms. The van der Waals surface area contributed by atoms with E-state index in [0.29, 0.717) is 29.3 Å². The van der Waals surface area contributed by atoms with E-state index in [1.54, 1.807) is 49.6 Å². The van der Waals surface area contributed by atoms with Crippen molar-refractivity contribution in [3.05, 3.63) is 78.1 Å². The van der Waals surface area contributed by atoms with Crippen LogP contribution in [0.15, 0.2) is 71.6 Å². The second kappa shape index (κ2) is 11.4. The molecule has 2 N–H and O–H groups in total. The number of carbonyl (C=O) groups excluding carboxylic acids is 2. The third-order valence-electron chi connectivity index (χ3n) is 4.82. The Balaban J connectivity index is 1.71. The molecule has 3 aromatic rings. The monoisotopic (exact) mass is 468 g/mol. The molecule has 3 aromatic carbocycles. The van der Waals surface area contributed by atoms with Crippen molar-refractivity contribution in [2.75, 3.05) is 24.9 Å². The number of thioether (sulfide) groups is 1. The molecule has 0 radical (unpaired) electrons. The predicted octanol–water partition coefficient (Wildman–Crippen LogP) is 5.60. The van der Waals surface area contributed by atoms with Crippen LogP contribution in [0.3, 0.4) is 0 Å². The van der Waals surface area contributed by atoms with Gasteiger partial charge in [0.15, 0.2) is 0 Å². The van der Waals surface area contributed by atoms with E-state index in [4.69, 9.17) is 9.47 Å². The number of hydrogen-bond acceptors (Lipinski definition) is 5. The van der Waals surface area contributed by atoms with Gasteiger partial charge in [0.25, 0.3) is 5.91 Å². The molecule has 1 unspecified atom stereocenters.